The number of carbonyl (C=O) groups is 1. The highest BCUT2D eigenvalue weighted by atomic mass is 16.4. The van der Waals surface area contributed by atoms with Gasteiger partial charge in [0.05, 0.1) is 0 Å². The van der Waals surface area contributed by atoms with Crippen molar-refractivity contribution < 1.29 is 9.90 Å². The van der Waals surface area contributed by atoms with Crippen molar-refractivity contribution in [3.8, 4) is 0 Å². The number of guanidine groups is 1. The molecule has 0 amide bonds. The fourth-order valence-electron chi connectivity index (χ4n) is 1.26. The first-order valence-corrected chi connectivity index (χ1v) is 5.12. The van der Waals surface area contributed by atoms with Crippen LogP contribution < -0.4 is 16.4 Å². The van der Waals surface area contributed by atoms with Crippen molar-refractivity contribution in [2.24, 2.45) is 5.73 Å². The second kappa shape index (κ2) is 8.05. The largest absolute Gasteiger partial charge is 0.480 e. The molecule has 1 unspecified atom stereocenters. The Kier molecular flexibility index (Phi) is 7.35. The summed E-state index contributed by atoms with van der Waals surface area (Å²) in [5, 5.41) is 21.3. The van der Waals surface area contributed by atoms with Crippen molar-refractivity contribution in [3.63, 3.8) is 0 Å². The van der Waals surface area contributed by atoms with E-state index in [-0.39, 0.29) is 5.96 Å². The third-order valence-corrected chi connectivity index (χ3v) is 1.98. The minimum atomic E-state index is -0.809. The topological polar surface area (TPSA) is 111 Å². The monoisotopic (exact) mass is 216 g/mol. The minimum Gasteiger partial charge on any atom is -0.480 e. The van der Waals surface area contributed by atoms with E-state index in [4.69, 9.17) is 16.2 Å². The molecule has 0 aromatic carbocycles. The summed E-state index contributed by atoms with van der Waals surface area (Å²) in [6, 6.07) is -0.465. The average Bonchev–Trinajstić information content (AvgIpc) is 2.15. The minimum absolute atomic E-state index is 0.0449. The fraction of sp³-hybridized carbons (Fsp3) is 0.778. The number of carboxylic acids is 1. The number of hydrogen-bond acceptors (Lipinski definition) is 3. The molecule has 0 saturated carbocycles. The summed E-state index contributed by atoms with van der Waals surface area (Å²) in [4.78, 5) is 10.7. The molecule has 0 aromatic heterocycles. The summed E-state index contributed by atoms with van der Waals surface area (Å²) in [7, 11) is 0. The molecule has 0 spiro atoms. The van der Waals surface area contributed by atoms with Gasteiger partial charge in [0.2, 0.25) is 0 Å². The first-order chi connectivity index (χ1) is 7.07. The van der Waals surface area contributed by atoms with Crippen LogP contribution in [0.3, 0.4) is 0 Å². The Morgan fingerprint density at radius 3 is 2.67 bits per heavy atom. The van der Waals surface area contributed by atoms with Crippen LogP contribution in [-0.4, -0.2) is 36.2 Å². The van der Waals surface area contributed by atoms with Crippen LogP contribution >= 0.6 is 0 Å². The number of nitrogens with one attached hydrogen (secondary N) is 3. The highest BCUT2D eigenvalue weighted by Crippen LogP contribution is 2.00. The van der Waals surface area contributed by atoms with Crippen molar-refractivity contribution >= 4 is 11.9 Å². The van der Waals surface area contributed by atoms with Gasteiger partial charge in [0.1, 0.15) is 6.04 Å². The lowest BCUT2D eigenvalue weighted by Gasteiger charge is -2.12. The molecule has 0 radical (unpaired) electrons. The van der Waals surface area contributed by atoms with E-state index in [0.717, 1.165) is 12.8 Å². The molecule has 6 heteroatoms. The molecule has 6 nitrogen and oxygen atoms in total. The summed E-state index contributed by atoms with van der Waals surface area (Å²) >= 11 is 0. The Balaban J connectivity index is 3.53. The number of hydrogen-bond donors (Lipinski definition) is 5. The number of likely N-dealkylation sites (N-methyl/N-ethyl adjacent to an activating group) is 1. The lowest BCUT2D eigenvalue weighted by molar-refractivity contribution is -0.139. The molecule has 0 rings (SSSR count). The SMILES string of the molecule is CCNC(CCCCNC(=N)N)C(=O)O. The van der Waals surface area contributed by atoms with Crippen LogP contribution in [-0.2, 0) is 4.79 Å². The quantitative estimate of drug-likeness (QED) is 0.217. The average molecular weight is 216 g/mol. The van der Waals surface area contributed by atoms with Crippen LogP contribution in [0.5, 0.6) is 0 Å². The predicted molar refractivity (Wildman–Crippen MR) is 58.9 cm³/mol. The molecular formula is C9H20N4O2. The molecule has 0 saturated heterocycles. The van der Waals surface area contributed by atoms with Gasteiger partial charge in [-0.25, -0.2) is 0 Å². The van der Waals surface area contributed by atoms with Gasteiger partial charge in [0, 0.05) is 6.54 Å². The Bertz CT molecular complexity index is 208. The van der Waals surface area contributed by atoms with E-state index in [1.165, 1.54) is 0 Å². The zero-order chi connectivity index (χ0) is 11.7. The summed E-state index contributed by atoms with van der Waals surface area (Å²) in [5.41, 5.74) is 5.10. The van der Waals surface area contributed by atoms with E-state index < -0.39 is 12.0 Å². The molecule has 15 heavy (non-hydrogen) atoms. The highest BCUT2D eigenvalue weighted by Gasteiger charge is 2.14. The van der Waals surface area contributed by atoms with Gasteiger partial charge in [0.15, 0.2) is 5.96 Å². The van der Waals surface area contributed by atoms with Gasteiger partial charge in [-0.2, -0.15) is 0 Å². The standard InChI is InChI=1S/C9H20N4O2/c1-2-12-7(8(14)15)5-3-4-6-13-9(10)11/h7,12H,2-6H2,1H3,(H,14,15)(H4,10,11,13). The van der Waals surface area contributed by atoms with E-state index in [0.29, 0.717) is 19.5 Å². The van der Waals surface area contributed by atoms with Gasteiger partial charge in [-0.05, 0) is 25.8 Å². The normalized spacial score (nSPS) is 12.1. The third kappa shape index (κ3) is 7.75. The number of aliphatic carboxylic acids is 1. The van der Waals surface area contributed by atoms with Gasteiger partial charge in [-0.15, -0.1) is 0 Å². The predicted octanol–water partition coefficient (Wildman–Crippen LogP) is -0.298. The van der Waals surface area contributed by atoms with E-state index in [2.05, 4.69) is 10.6 Å². The van der Waals surface area contributed by atoms with Gasteiger partial charge >= 0.3 is 5.97 Å². The van der Waals surface area contributed by atoms with E-state index in [1.807, 2.05) is 6.92 Å². The van der Waals surface area contributed by atoms with Crippen molar-refractivity contribution in [1.29, 1.82) is 5.41 Å². The van der Waals surface area contributed by atoms with Crippen LogP contribution in [0.25, 0.3) is 0 Å². The lowest BCUT2D eigenvalue weighted by Crippen LogP contribution is -2.36. The van der Waals surface area contributed by atoms with Gasteiger partial charge in [0.25, 0.3) is 0 Å². The van der Waals surface area contributed by atoms with E-state index in [1.54, 1.807) is 0 Å². The summed E-state index contributed by atoms with van der Waals surface area (Å²) in [6.07, 6.45) is 2.21. The second-order valence-electron chi connectivity index (χ2n) is 3.28. The fourth-order valence-corrected chi connectivity index (χ4v) is 1.26. The summed E-state index contributed by atoms with van der Waals surface area (Å²) in [6.45, 7) is 3.16. The van der Waals surface area contributed by atoms with Crippen molar-refractivity contribution in [2.75, 3.05) is 13.1 Å². The summed E-state index contributed by atoms with van der Waals surface area (Å²) < 4.78 is 0. The molecule has 0 aromatic rings. The maximum Gasteiger partial charge on any atom is 0.320 e. The van der Waals surface area contributed by atoms with Crippen LogP contribution in [0.2, 0.25) is 0 Å². The maximum atomic E-state index is 10.7. The molecule has 6 N–H and O–H groups in total. The highest BCUT2D eigenvalue weighted by molar-refractivity contribution is 5.74. The molecule has 0 heterocycles. The van der Waals surface area contributed by atoms with Crippen LogP contribution in [0.15, 0.2) is 0 Å². The molecule has 0 aliphatic heterocycles. The second-order valence-corrected chi connectivity index (χ2v) is 3.28. The smallest absolute Gasteiger partial charge is 0.320 e. The molecular weight excluding hydrogens is 196 g/mol. The molecule has 0 aliphatic rings. The third-order valence-electron chi connectivity index (χ3n) is 1.98. The van der Waals surface area contributed by atoms with Crippen LogP contribution in [0.1, 0.15) is 26.2 Å². The summed E-state index contributed by atoms with van der Waals surface area (Å²) in [5.74, 6) is -0.854. The molecule has 0 bridgehead atoms. The number of rotatable bonds is 8. The van der Waals surface area contributed by atoms with Crippen molar-refractivity contribution in [2.45, 2.75) is 32.2 Å². The molecule has 1 atom stereocenters. The first-order valence-electron chi connectivity index (χ1n) is 5.12. The van der Waals surface area contributed by atoms with Crippen LogP contribution in [0.4, 0.5) is 0 Å². The molecule has 88 valence electrons. The molecule has 0 fully saturated rings. The van der Waals surface area contributed by atoms with Gasteiger partial charge < -0.3 is 21.5 Å². The number of carboxylic acid groups (broad SMARTS) is 1. The van der Waals surface area contributed by atoms with Gasteiger partial charge in [-0.3, -0.25) is 10.2 Å². The van der Waals surface area contributed by atoms with Crippen molar-refractivity contribution in [3.05, 3.63) is 0 Å². The maximum absolute atomic E-state index is 10.7. The van der Waals surface area contributed by atoms with Gasteiger partial charge in [-0.1, -0.05) is 6.92 Å². The Morgan fingerprint density at radius 2 is 2.20 bits per heavy atom. The van der Waals surface area contributed by atoms with E-state index in [9.17, 15) is 4.79 Å². The number of unbranched alkanes of at least 4 members (excludes halogenated alkanes) is 1. The number of nitrogens with two attached hydrogens (primary N) is 1. The lowest BCUT2D eigenvalue weighted by atomic mass is 10.1. The van der Waals surface area contributed by atoms with E-state index >= 15 is 0 Å². The van der Waals surface area contributed by atoms with Crippen molar-refractivity contribution in [1.82, 2.24) is 10.6 Å². The Morgan fingerprint density at radius 1 is 1.53 bits per heavy atom. The zero-order valence-corrected chi connectivity index (χ0v) is 9.05. The molecule has 0 aliphatic carbocycles. The zero-order valence-electron chi connectivity index (χ0n) is 9.05. The Labute approximate surface area is 89.7 Å². The first kappa shape index (κ1) is 13.7. The van der Waals surface area contributed by atoms with Crippen LogP contribution in [0, 0.1) is 5.41 Å². The Hall–Kier alpha value is -1.30.